The number of nitrogens with zero attached hydrogens (tertiary/aromatic N) is 3. The second kappa shape index (κ2) is 8.13. The highest BCUT2D eigenvalue weighted by Gasteiger charge is 2.11. The summed E-state index contributed by atoms with van der Waals surface area (Å²) in [5.74, 6) is 0.544. The summed E-state index contributed by atoms with van der Waals surface area (Å²) in [4.78, 5) is 12.4. The number of carbonyl (C=O) groups is 1. The first-order valence-corrected chi connectivity index (χ1v) is 9.69. The lowest BCUT2D eigenvalue weighted by Gasteiger charge is -2.04. The number of nitriles is 1. The number of amides is 1. The number of carbonyl (C=O) groups excluding carboxylic acids is 1. The molecule has 130 valence electrons. The van der Waals surface area contributed by atoms with Crippen molar-refractivity contribution >= 4 is 34.1 Å². The van der Waals surface area contributed by atoms with Gasteiger partial charge in [-0.1, -0.05) is 52.4 Å². The molecule has 0 aliphatic carbocycles. The van der Waals surface area contributed by atoms with Crippen LogP contribution in [-0.4, -0.2) is 16.1 Å². The number of benzene rings is 2. The van der Waals surface area contributed by atoms with Gasteiger partial charge in [0, 0.05) is 11.3 Å². The van der Waals surface area contributed by atoms with Crippen molar-refractivity contribution < 1.29 is 4.79 Å². The van der Waals surface area contributed by atoms with E-state index in [1.165, 1.54) is 11.3 Å². The number of aryl methyl sites for hydroxylation is 2. The Morgan fingerprint density at radius 2 is 1.85 bits per heavy atom. The number of nitrogens with one attached hydrogen (secondary N) is 1. The van der Waals surface area contributed by atoms with Crippen molar-refractivity contribution in [2.45, 2.75) is 23.9 Å². The third kappa shape index (κ3) is 4.69. The van der Waals surface area contributed by atoms with Crippen LogP contribution in [0.25, 0.3) is 0 Å². The van der Waals surface area contributed by atoms with Crippen LogP contribution in [0.3, 0.4) is 0 Å². The fourth-order valence-corrected chi connectivity index (χ4v) is 4.12. The zero-order valence-corrected chi connectivity index (χ0v) is 15.9. The van der Waals surface area contributed by atoms with Crippen molar-refractivity contribution in [2.75, 3.05) is 5.32 Å². The maximum Gasteiger partial charge on any atom is 0.257 e. The van der Waals surface area contributed by atoms with Crippen molar-refractivity contribution in [3.63, 3.8) is 0 Å². The van der Waals surface area contributed by atoms with Crippen LogP contribution < -0.4 is 5.32 Å². The molecule has 1 aromatic heterocycles. The highest BCUT2D eigenvalue weighted by atomic mass is 32.2. The summed E-state index contributed by atoms with van der Waals surface area (Å²) in [5.41, 5.74) is 4.46. The van der Waals surface area contributed by atoms with Crippen molar-refractivity contribution in [1.29, 1.82) is 5.26 Å². The van der Waals surface area contributed by atoms with Crippen LogP contribution in [0.5, 0.6) is 0 Å². The summed E-state index contributed by atoms with van der Waals surface area (Å²) in [5, 5.41) is 20.3. The van der Waals surface area contributed by atoms with Gasteiger partial charge in [0.2, 0.25) is 5.13 Å². The van der Waals surface area contributed by atoms with E-state index in [1.54, 1.807) is 23.9 Å². The molecule has 7 heteroatoms. The SMILES string of the molecule is Cc1cc(C)cc(C(=O)Nc2nnc(SCc3ccc(C#N)cc3)s2)c1. The third-order valence-electron chi connectivity index (χ3n) is 3.56. The maximum atomic E-state index is 12.4. The van der Waals surface area contributed by atoms with Gasteiger partial charge in [-0.2, -0.15) is 5.26 Å². The molecule has 0 aliphatic rings. The van der Waals surface area contributed by atoms with Gasteiger partial charge in [0.25, 0.3) is 5.91 Å². The van der Waals surface area contributed by atoms with E-state index in [9.17, 15) is 4.79 Å². The molecule has 0 unspecified atom stereocenters. The first kappa shape index (κ1) is 18.1. The minimum Gasteiger partial charge on any atom is -0.296 e. The quantitative estimate of drug-likeness (QED) is 0.518. The molecule has 0 saturated carbocycles. The van der Waals surface area contributed by atoms with Crippen molar-refractivity contribution in [1.82, 2.24) is 10.2 Å². The Balaban J connectivity index is 1.60. The van der Waals surface area contributed by atoms with Crippen LogP contribution in [0.15, 0.2) is 46.8 Å². The molecule has 0 fully saturated rings. The molecule has 1 heterocycles. The van der Waals surface area contributed by atoms with Crippen LogP contribution in [-0.2, 0) is 5.75 Å². The van der Waals surface area contributed by atoms with Gasteiger partial charge in [-0.3, -0.25) is 10.1 Å². The standard InChI is InChI=1S/C19H16N4OS2/c1-12-7-13(2)9-16(8-12)17(24)21-18-22-23-19(26-18)25-11-15-5-3-14(10-20)4-6-15/h3-9H,11H2,1-2H3,(H,21,22,24). The van der Waals surface area contributed by atoms with Gasteiger partial charge in [-0.05, 0) is 43.7 Å². The van der Waals surface area contributed by atoms with Gasteiger partial charge < -0.3 is 0 Å². The minimum absolute atomic E-state index is 0.184. The molecule has 3 rings (SSSR count). The van der Waals surface area contributed by atoms with Gasteiger partial charge in [-0.25, -0.2) is 0 Å². The summed E-state index contributed by atoms with van der Waals surface area (Å²) in [6.07, 6.45) is 0. The first-order chi connectivity index (χ1) is 12.5. The van der Waals surface area contributed by atoms with E-state index in [1.807, 2.05) is 44.2 Å². The van der Waals surface area contributed by atoms with Crippen molar-refractivity contribution in [2.24, 2.45) is 0 Å². The highest BCUT2D eigenvalue weighted by molar-refractivity contribution is 8.00. The largest absolute Gasteiger partial charge is 0.296 e. The summed E-state index contributed by atoms with van der Waals surface area (Å²) < 4.78 is 0.782. The zero-order valence-electron chi connectivity index (χ0n) is 14.3. The second-order valence-corrected chi connectivity index (χ2v) is 8.00. The average Bonchev–Trinajstić information content (AvgIpc) is 3.07. The maximum absolute atomic E-state index is 12.4. The van der Waals surface area contributed by atoms with Crippen LogP contribution >= 0.6 is 23.1 Å². The average molecular weight is 380 g/mol. The Hall–Kier alpha value is -2.69. The van der Waals surface area contributed by atoms with Gasteiger partial charge in [0.05, 0.1) is 11.6 Å². The summed E-state index contributed by atoms with van der Waals surface area (Å²) >= 11 is 2.89. The Morgan fingerprint density at radius 1 is 1.15 bits per heavy atom. The monoisotopic (exact) mass is 380 g/mol. The van der Waals surface area contributed by atoms with Crippen LogP contribution in [0, 0.1) is 25.2 Å². The molecule has 1 amide bonds. The van der Waals surface area contributed by atoms with E-state index in [-0.39, 0.29) is 5.91 Å². The van der Waals surface area contributed by atoms with E-state index >= 15 is 0 Å². The Morgan fingerprint density at radius 3 is 2.50 bits per heavy atom. The predicted molar refractivity (Wildman–Crippen MR) is 104 cm³/mol. The lowest BCUT2D eigenvalue weighted by atomic mass is 10.1. The van der Waals surface area contributed by atoms with E-state index in [2.05, 4.69) is 21.6 Å². The van der Waals surface area contributed by atoms with Crippen LogP contribution in [0.2, 0.25) is 0 Å². The van der Waals surface area contributed by atoms with Crippen molar-refractivity contribution in [3.05, 3.63) is 70.3 Å². The molecule has 0 spiro atoms. The summed E-state index contributed by atoms with van der Waals surface area (Å²) in [6, 6.07) is 15.3. The number of hydrogen-bond donors (Lipinski definition) is 1. The number of aromatic nitrogens is 2. The molecule has 3 aromatic rings. The molecule has 0 atom stereocenters. The van der Waals surface area contributed by atoms with E-state index < -0.39 is 0 Å². The van der Waals surface area contributed by atoms with Crippen molar-refractivity contribution in [3.8, 4) is 6.07 Å². The van der Waals surface area contributed by atoms with Gasteiger partial charge in [0.15, 0.2) is 4.34 Å². The molecule has 0 radical (unpaired) electrons. The van der Waals surface area contributed by atoms with Gasteiger partial charge in [-0.15, -0.1) is 10.2 Å². The lowest BCUT2D eigenvalue weighted by Crippen LogP contribution is -2.12. The molecule has 0 bridgehead atoms. The van der Waals surface area contributed by atoms with Crippen LogP contribution in [0.4, 0.5) is 5.13 Å². The normalized spacial score (nSPS) is 10.3. The molecular formula is C19H16N4OS2. The predicted octanol–water partition coefficient (Wildman–Crippen LogP) is 4.57. The fourth-order valence-electron chi connectivity index (χ4n) is 2.41. The third-order valence-corrected chi connectivity index (χ3v) is 5.60. The van der Waals surface area contributed by atoms with Crippen LogP contribution in [0.1, 0.15) is 32.6 Å². The van der Waals surface area contributed by atoms with Gasteiger partial charge >= 0.3 is 0 Å². The first-order valence-electron chi connectivity index (χ1n) is 7.88. The second-order valence-electron chi connectivity index (χ2n) is 5.80. The number of thioether (sulfide) groups is 1. The Kier molecular flexibility index (Phi) is 5.66. The van der Waals surface area contributed by atoms with Gasteiger partial charge in [0.1, 0.15) is 0 Å². The Labute approximate surface area is 160 Å². The fraction of sp³-hybridized carbons (Fsp3) is 0.158. The molecule has 0 saturated heterocycles. The molecule has 0 aliphatic heterocycles. The van der Waals surface area contributed by atoms with E-state index in [0.29, 0.717) is 16.3 Å². The summed E-state index contributed by atoms with van der Waals surface area (Å²) in [6.45, 7) is 3.93. The molecule has 1 N–H and O–H groups in total. The molecular weight excluding hydrogens is 364 g/mol. The Bertz CT molecular complexity index is 954. The number of anilines is 1. The topological polar surface area (TPSA) is 78.7 Å². The van der Waals surface area contributed by atoms with E-state index in [4.69, 9.17) is 5.26 Å². The number of rotatable bonds is 5. The molecule has 26 heavy (non-hydrogen) atoms. The molecule has 5 nitrogen and oxygen atoms in total. The summed E-state index contributed by atoms with van der Waals surface area (Å²) in [7, 11) is 0. The minimum atomic E-state index is -0.184. The van der Waals surface area contributed by atoms with E-state index in [0.717, 1.165) is 26.8 Å². The lowest BCUT2D eigenvalue weighted by molar-refractivity contribution is 0.102. The molecule has 2 aromatic carbocycles. The smallest absolute Gasteiger partial charge is 0.257 e. The number of hydrogen-bond acceptors (Lipinski definition) is 6. The highest BCUT2D eigenvalue weighted by Crippen LogP contribution is 2.28. The zero-order chi connectivity index (χ0) is 18.5.